The fourth-order valence-electron chi connectivity index (χ4n) is 2.21. The molecule has 1 aromatic rings. The molecule has 22 heavy (non-hydrogen) atoms. The Morgan fingerprint density at radius 1 is 1.00 bits per heavy atom. The fraction of sp³-hybridized carbons (Fsp3) is 0.571. The molecule has 0 amide bonds. The maximum Gasteiger partial charge on any atom is 0.243 e. The van der Waals surface area contributed by atoms with Gasteiger partial charge in [-0.25, -0.2) is 26.3 Å². The first kappa shape index (κ1) is 18.9. The Kier molecular flexibility index (Phi) is 6.39. The summed E-state index contributed by atoms with van der Waals surface area (Å²) in [5.41, 5.74) is 0. The molecule has 0 aliphatic carbocycles. The lowest BCUT2D eigenvalue weighted by Gasteiger charge is -2.30. The van der Waals surface area contributed by atoms with Crippen molar-refractivity contribution in [3.8, 4) is 0 Å². The van der Waals surface area contributed by atoms with Crippen LogP contribution in [0.5, 0.6) is 0 Å². The summed E-state index contributed by atoms with van der Waals surface area (Å²) in [5.74, 6) is -4.16. The smallest absolute Gasteiger partial charge is 0.243 e. The first-order chi connectivity index (χ1) is 10.1. The van der Waals surface area contributed by atoms with Crippen LogP contribution >= 0.6 is 0 Å². The zero-order valence-electron chi connectivity index (χ0n) is 13.0. The largest absolute Gasteiger partial charge is 0.297 e. The monoisotopic (exact) mass is 338 g/mol. The SMILES string of the molecule is CC(C)N(CCNS(=O)(=O)c1cc(F)c(F)cc1F)C(C)C. The summed E-state index contributed by atoms with van der Waals surface area (Å²) in [4.78, 5) is 1.15. The average Bonchev–Trinajstić information content (AvgIpc) is 2.37. The molecule has 0 saturated carbocycles. The number of nitrogens with one attached hydrogen (secondary N) is 1. The summed E-state index contributed by atoms with van der Waals surface area (Å²) in [6.45, 7) is 8.36. The number of hydrogen-bond donors (Lipinski definition) is 1. The Morgan fingerprint density at radius 3 is 2.00 bits per heavy atom. The highest BCUT2D eigenvalue weighted by Gasteiger charge is 2.22. The third-order valence-electron chi connectivity index (χ3n) is 3.25. The van der Waals surface area contributed by atoms with E-state index in [4.69, 9.17) is 0 Å². The summed E-state index contributed by atoms with van der Waals surface area (Å²) in [6.07, 6.45) is 0. The number of halogens is 3. The molecule has 0 aliphatic rings. The second-order valence-electron chi connectivity index (χ2n) is 5.52. The molecule has 0 aliphatic heterocycles. The van der Waals surface area contributed by atoms with E-state index in [0.717, 1.165) is 0 Å². The van der Waals surface area contributed by atoms with E-state index < -0.39 is 32.4 Å². The van der Waals surface area contributed by atoms with Crippen molar-refractivity contribution >= 4 is 10.0 Å². The number of benzene rings is 1. The van der Waals surface area contributed by atoms with Crippen molar-refractivity contribution in [3.05, 3.63) is 29.6 Å². The van der Waals surface area contributed by atoms with E-state index in [9.17, 15) is 21.6 Å². The Balaban J connectivity index is 2.83. The number of hydrogen-bond acceptors (Lipinski definition) is 3. The van der Waals surface area contributed by atoms with Gasteiger partial charge in [0.2, 0.25) is 10.0 Å². The molecule has 0 saturated heterocycles. The van der Waals surface area contributed by atoms with E-state index >= 15 is 0 Å². The molecule has 1 aromatic carbocycles. The van der Waals surface area contributed by atoms with Crippen molar-refractivity contribution in [2.24, 2.45) is 0 Å². The quantitative estimate of drug-likeness (QED) is 0.777. The highest BCUT2D eigenvalue weighted by Crippen LogP contribution is 2.18. The summed E-state index contributed by atoms with van der Waals surface area (Å²) < 4.78 is 65.7. The normalized spacial score (nSPS) is 12.6. The maximum absolute atomic E-state index is 13.5. The molecule has 0 fully saturated rings. The van der Waals surface area contributed by atoms with Gasteiger partial charge in [-0.1, -0.05) is 0 Å². The van der Waals surface area contributed by atoms with Crippen molar-refractivity contribution < 1.29 is 21.6 Å². The van der Waals surface area contributed by atoms with Crippen LogP contribution in [0.2, 0.25) is 0 Å². The topological polar surface area (TPSA) is 49.4 Å². The van der Waals surface area contributed by atoms with Crippen molar-refractivity contribution in [2.45, 2.75) is 44.7 Å². The third-order valence-corrected chi connectivity index (χ3v) is 4.73. The van der Waals surface area contributed by atoms with E-state index in [1.807, 2.05) is 32.6 Å². The molecule has 0 spiro atoms. The van der Waals surface area contributed by atoms with Crippen molar-refractivity contribution in [1.29, 1.82) is 0 Å². The molecular formula is C14H21F3N2O2S. The van der Waals surface area contributed by atoms with Gasteiger partial charge < -0.3 is 0 Å². The lowest BCUT2D eigenvalue weighted by Crippen LogP contribution is -2.42. The van der Waals surface area contributed by atoms with Gasteiger partial charge in [0.05, 0.1) is 0 Å². The van der Waals surface area contributed by atoms with Crippen LogP contribution in [0.25, 0.3) is 0 Å². The molecule has 0 atom stereocenters. The summed E-state index contributed by atoms with van der Waals surface area (Å²) in [7, 11) is -4.24. The minimum Gasteiger partial charge on any atom is -0.297 e. The van der Waals surface area contributed by atoms with Crippen LogP contribution in [0.3, 0.4) is 0 Å². The molecule has 8 heteroatoms. The maximum atomic E-state index is 13.5. The first-order valence-electron chi connectivity index (χ1n) is 6.96. The minimum absolute atomic E-state index is 0.0388. The van der Waals surface area contributed by atoms with Crippen molar-refractivity contribution in [3.63, 3.8) is 0 Å². The van der Waals surface area contributed by atoms with Gasteiger partial charge >= 0.3 is 0 Å². The molecule has 0 aromatic heterocycles. The van der Waals surface area contributed by atoms with Gasteiger partial charge in [-0.2, -0.15) is 0 Å². The fourth-order valence-corrected chi connectivity index (χ4v) is 3.30. The zero-order valence-corrected chi connectivity index (χ0v) is 13.8. The van der Waals surface area contributed by atoms with Crippen molar-refractivity contribution in [1.82, 2.24) is 9.62 Å². The van der Waals surface area contributed by atoms with Crippen molar-refractivity contribution in [2.75, 3.05) is 13.1 Å². The number of rotatable bonds is 7. The Bertz CT molecular complexity index is 611. The molecule has 1 rings (SSSR count). The Hall–Kier alpha value is -1.12. The lowest BCUT2D eigenvalue weighted by molar-refractivity contribution is 0.179. The second kappa shape index (κ2) is 7.43. The van der Waals surface area contributed by atoms with Gasteiger partial charge in [-0.15, -0.1) is 0 Å². The van der Waals surface area contributed by atoms with Gasteiger partial charge in [0.15, 0.2) is 11.6 Å². The Morgan fingerprint density at radius 2 is 1.50 bits per heavy atom. The van der Waals surface area contributed by atoms with Crippen LogP contribution in [0, 0.1) is 17.5 Å². The molecule has 0 unspecified atom stereocenters. The third kappa shape index (κ3) is 4.69. The van der Waals surface area contributed by atoms with Crippen LogP contribution in [-0.2, 0) is 10.0 Å². The molecule has 0 heterocycles. The minimum atomic E-state index is -4.24. The predicted molar refractivity (Wildman–Crippen MR) is 78.5 cm³/mol. The highest BCUT2D eigenvalue weighted by atomic mass is 32.2. The van der Waals surface area contributed by atoms with Crippen LogP contribution in [0.1, 0.15) is 27.7 Å². The average molecular weight is 338 g/mol. The number of nitrogens with zero attached hydrogens (tertiary/aromatic N) is 1. The van der Waals surface area contributed by atoms with E-state index in [-0.39, 0.29) is 24.7 Å². The van der Waals surface area contributed by atoms with Crippen LogP contribution < -0.4 is 4.72 Å². The number of sulfonamides is 1. The molecule has 0 bridgehead atoms. The standard InChI is InChI=1S/C14H21F3N2O2S/c1-9(2)19(10(3)4)6-5-18-22(20,21)14-8-12(16)11(15)7-13(14)17/h7-10,18H,5-6H2,1-4H3. The van der Waals surface area contributed by atoms with Gasteiger partial charge in [0.1, 0.15) is 10.7 Å². The molecule has 4 nitrogen and oxygen atoms in total. The molecule has 126 valence electrons. The van der Waals surface area contributed by atoms with Crippen LogP contribution in [-0.4, -0.2) is 38.5 Å². The molecule has 1 N–H and O–H groups in total. The Labute approximate surface area is 129 Å². The summed E-state index contributed by atoms with van der Waals surface area (Å²) in [6, 6.07) is 0.989. The summed E-state index contributed by atoms with van der Waals surface area (Å²) >= 11 is 0. The first-order valence-corrected chi connectivity index (χ1v) is 8.44. The van der Waals surface area contributed by atoms with E-state index in [0.29, 0.717) is 12.6 Å². The zero-order chi connectivity index (χ0) is 17.1. The second-order valence-corrected chi connectivity index (χ2v) is 7.26. The molecule has 0 radical (unpaired) electrons. The highest BCUT2D eigenvalue weighted by molar-refractivity contribution is 7.89. The van der Waals surface area contributed by atoms with E-state index in [2.05, 4.69) is 4.72 Å². The lowest BCUT2D eigenvalue weighted by atomic mass is 10.2. The van der Waals surface area contributed by atoms with Crippen LogP contribution in [0.15, 0.2) is 17.0 Å². The molecular weight excluding hydrogens is 317 g/mol. The summed E-state index contributed by atoms with van der Waals surface area (Å²) in [5, 5.41) is 0. The predicted octanol–water partition coefficient (Wildman–Crippen LogP) is 2.50. The van der Waals surface area contributed by atoms with Gasteiger partial charge in [-0.3, -0.25) is 4.90 Å². The van der Waals surface area contributed by atoms with E-state index in [1.165, 1.54) is 0 Å². The van der Waals surface area contributed by atoms with E-state index in [1.54, 1.807) is 0 Å². The van der Waals surface area contributed by atoms with Gasteiger partial charge in [0.25, 0.3) is 0 Å². The van der Waals surface area contributed by atoms with Gasteiger partial charge in [-0.05, 0) is 33.8 Å². The van der Waals surface area contributed by atoms with Crippen LogP contribution in [0.4, 0.5) is 13.2 Å². The van der Waals surface area contributed by atoms with Gasteiger partial charge in [0, 0.05) is 31.2 Å².